The van der Waals surface area contributed by atoms with Gasteiger partial charge in [0.15, 0.2) is 0 Å². The quantitative estimate of drug-likeness (QED) is 0.490. The van der Waals surface area contributed by atoms with E-state index in [0.717, 1.165) is 19.3 Å². The lowest BCUT2D eigenvalue weighted by molar-refractivity contribution is -0.155. The lowest BCUT2D eigenvalue weighted by atomic mass is 9.65. The molecule has 2 rings (SSSR count). The molecule has 84 valence electrons. The molecule has 3 nitrogen and oxygen atoms in total. The highest BCUT2D eigenvalue weighted by Gasteiger charge is 2.43. The first-order valence-electron chi connectivity index (χ1n) is 5.84. The molecule has 2 aliphatic rings. The Labute approximate surface area is 90.2 Å². The minimum absolute atomic E-state index is 0.102. The summed E-state index contributed by atoms with van der Waals surface area (Å²) in [4.78, 5) is 23.3. The van der Waals surface area contributed by atoms with E-state index in [9.17, 15) is 9.59 Å². The molecule has 0 unspecified atom stereocenters. The highest BCUT2D eigenvalue weighted by molar-refractivity contribution is 5.99. The van der Waals surface area contributed by atoms with Gasteiger partial charge in [-0.3, -0.25) is 9.59 Å². The maximum Gasteiger partial charge on any atom is 0.316 e. The summed E-state index contributed by atoms with van der Waals surface area (Å²) in [7, 11) is 1.38. The molecule has 0 spiro atoms. The van der Waals surface area contributed by atoms with Crippen LogP contribution in [0.4, 0.5) is 0 Å². The zero-order valence-corrected chi connectivity index (χ0v) is 9.20. The second-order valence-corrected chi connectivity index (χ2v) is 4.71. The summed E-state index contributed by atoms with van der Waals surface area (Å²) in [6, 6.07) is 0. The summed E-state index contributed by atoms with van der Waals surface area (Å²) in [5.74, 6) is 0.198. The van der Waals surface area contributed by atoms with Gasteiger partial charge in [0, 0.05) is 6.42 Å². The molecule has 0 aromatic rings. The number of methoxy groups -OCH3 is 1. The van der Waals surface area contributed by atoms with Gasteiger partial charge in [0.2, 0.25) is 0 Å². The molecule has 0 aromatic heterocycles. The van der Waals surface area contributed by atoms with Crippen molar-refractivity contribution in [2.24, 2.45) is 17.8 Å². The van der Waals surface area contributed by atoms with Crippen LogP contribution in [0.2, 0.25) is 0 Å². The molecule has 2 saturated carbocycles. The normalized spacial score (nSPS) is 35.8. The van der Waals surface area contributed by atoms with Gasteiger partial charge in [0.25, 0.3) is 0 Å². The number of hydrogen-bond acceptors (Lipinski definition) is 3. The molecular weight excluding hydrogens is 192 g/mol. The van der Waals surface area contributed by atoms with Crippen molar-refractivity contribution >= 4 is 11.8 Å². The van der Waals surface area contributed by atoms with Gasteiger partial charge < -0.3 is 4.74 Å². The molecule has 0 bridgehead atoms. The second kappa shape index (κ2) is 4.33. The van der Waals surface area contributed by atoms with Crippen LogP contribution in [-0.2, 0) is 14.3 Å². The van der Waals surface area contributed by atoms with Gasteiger partial charge >= 0.3 is 5.97 Å². The highest BCUT2D eigenvalue weighted by atomic mass is 16.5. The molecule has 2 aliphatic carbocycles. The van der Waals surface area contributed by atoms with Crippen molar-refractivity contribution in [3.8, 4) is 0 Å². The fourth-order valence-electron chi connectivity index (χ4n) is 3.19. The first kappa shape index (κ1) is 10.7. The lowest BCUT2D eigenvalue weighted by Gasteiger charge is -2.38. The monoisotopic (exact) mass is 210 g/mol. The van der Waals surface area contributed by atoms with Crippen molar-refractivity contribution in [1.82, 2.24) is 0 Å². The van der Waals surface area contributed by atoms with Gasteiger partial charge in [-0.25, -0.2) is 0 Å². The molecule has 0 aliphatic heterocycles. The van der Waals surface area contributed by atoms with Gasteiger partial charge in [0.1, 0.15) is 11.7 Å². The van der Waals surface area contributed by atoms with Crippen LogP contribution >= 0.6 is 0 Å². The fourth-order valence-corrected chi connectivity index (χ4v) is 3.19. The van der Waals surface area contributed by atoms with E-state index in [4.69, 9.17) is 4.74 Å². The number of fused-ring (bicyclic) bond motifs is 1. The fraction of sp³-hybridized carbons (Fsp3) is 0.833. The molecular formula is C12H18O3. The van der Waals surface area contributed by atoms with Crippen LogP contribution in [0, 0.1) is 17.8 Å². The molecule has 3 atom stereocenters. The van der Waals surface area contributed by atoms with Crippen molar-refractivity contribution in [3.63, 3.8) is 0 Å². The summed E-state index contributed by atoms with van der Waals surface area (Å²) < 4.78 is 4.75. The molecule has 0 aromatic carbocycles. The molecule has 0 amide bonds. The van der Waals surface area contributed by atoms with E-state index in [1.165, 1.54) is 20.0 Å². The van der Waals surface area contributed by atoms with E-state index < -0.39 is 5.92 Å². The summed E-state index contributed by atoms with van der Waals surface area (Å²) >= 11 is 0. The minimum Gasteiger partial charge on any atom is -0.468 e. The van der Waals surface area contributed by atoms with Crippen LogP contribution < -0.4 is 0 Å². The number of carbonyl (C=O) groups is 2. The summed E-state index contributed by atoms with van der Waals surface area (Å²) in [6.07, 6.45) is 6.17. The SMILES string of the molecule is COC(=O)[C@@H]1C(=O)CC[C@H]2CCCC[C@@H]21. The largest absolute Gasteiger partial charge is 0.468 e. The number of ketones is 1. The van der Waals surface area contributed by atoms with Crippen LogP contribution in [0.3, 0.4) is 0 Å². The Morgan fingerprint density at radius 2 is 2.00 bits per heavy atom. The summed E-state index contributed by atoms with van der Waals surface area (Å²) in [5, 5.41) is 0. The number of hydrogen-bond donors (Lipinski definition) is 0. The average Bonchev–Trinajstić information content (AvgIpc) is 2.28. The second-order valence-electron chi connectivity index (χ2n) is 4.71. The topological polar surface area (TPSA) is 43.4 Å². The smallest absolute Gasteiger partial charge is 0.316 e. The van der Waals surface area contributed by atoms with Gasteiger partial charge in [-0.15, -0.1) is 0 Å². The minimum atomic E-state index is -0.450. The molecule has 0 heterocycles. The molecule has 3 heteroatoms. The molecule has 2 fully saturated rings. The van der Waals surface area contributed by atoms with Crippen LogP contribution in [0.15, 0.2) is 0 Å². The average molecular weight is 210 g/mol. The van der Waals surface area contributed by atoms with Gasteiger partial charge in [-0.2, -0.15) is 0 Å². The van der Waals surface area contributed by atoms with Crippen molar-refractivity contribution in [2.75, 3.05) is 7.11 Å². The zero-order chi connectivity index (χ0) is 10.8. The van der Waals surface area contributed by atoms with Crippen molar-refractivity contribution < 1.29 is 14.3 Å². The third-order valence-corrected chi connectivity index (χ3v) is 3.96. The number of ether oxygens (including phenoxy) is 1. The van der Waals surface area contributed by atoms with E-state index in [1.54, 1.807) is 0 Å². The summed E-state index contributed by atoms with van der Waals surface area (Å²) in [5.41, 5.74) is 0. The summed E-state index contributed by atoms with van der Waals surface area (Å²) in [6.45, 7) is 0. The van der Waals surface area contributed by atoms with E-state index in [-0.39, 0.29) is 17.7 Å². The Morgan fingerprint density at radius 1 is 1.27 bits per heavy atom. The van der Waals surface area contributed by atoms with Crippen molar-refractivity contribution in [3.05, 3.63) is 0 Å². The third kappa shape index (κ3) is 1.92. The Bertz CT molecular complexity index is 264. The first-order valence-corrected chi connectivity index (χ1v) is 5.84. The maximum absolute atomic E-state index is 11.7. The van der Waals surface area contributed by atoms with Crippen LogP contribution in [0.25, 0.3) is 0 Å². The van der Waals surface area contributed by atoms with Crippen LogP contribution in [0.5, 0.6) is 0 Å². The Hall–Kier alpha value is -0.860. The molecule has 0 N–H and O–H groups in total. The lowest BCUT2D eigenvalue weighted by Crippen LogP contribution is -2.41. The zero-order valence-electron chi connectivity index (χ0n) is 9.20. The number of esters is 1. The van der Waals surface area contributed by atoms with E-state index >= 15 is 0 Å². The third-order valence-electron chi connectivity index (χ3n) is 3.96. The van der Waals surface area contributed by atoms with Gasteiger partial charge in [-0.05, 0) is 24.7 Å². The van der Waals surface area contributed by atoms with E-state index in [1.807, 2.05) is 0 Å². The van der Waals surface area contributed by atoms with Crippen LogP contribution in [-0.4, -0.2) is 18.9 Å². The molecule has 15 heavy (non-hydrogen) atoms. The predicted molar refractivity (Wildman–Crippen MR) is 55.2 cm³/mol. The van der Waals surface area contributed by atoms with E-state index in [0.29, 0.717) is 12.3 Å². The molecule has 0 radical (unpaired) electrons. The number of carbonyl (C=O) groups excluding carboxylic acids is 2. The predicted octanol–water partition coefficient (Wildman–Crippen LogP) is 1.94. The number of rotatable bonds is 1. The molecule has 0 saturated heterocycles. The maximum atomic E-state index is 11.7. The Morgan fingerprint density at radius 3 is 2.73 bits per heavy atom. The first-order chi connectivity index (χ1) is 7.24. The Kier molecular flexibility index (Phi) is 3.08. The van der Waals surface area contributed by atoms with Gasteiger partial charge in [0.05, 0.1) is 7.11 Å². The van der Waals surface area contributed by atoms with E-state index in [2.05, 4.69) is 0 Å². The van der Waals surface area contributed by atoms with Crippen molar-refractivity contribution in [2.45, 2.75) is 38.5 Å². The van der Waals surface area contributed by atoms with Crippen molar-refractivity contribution in [1.29, 1.82) is 0 Å². The van der Waals surface area contributed by atoms with Gasteiger partial charge in [-0.1, -0.05) is 19.3 Å². The Balaban J connectivity index is 2.16. The standard InChI is InChI=1S/C12H18O3/c1-15-12(14)11-9-5-3-2-4-8(9)6-7-10(11)13/h8-9,11H,2-7H2,1H3/t8-,9+,11+/m1/s1. The van der Waals surface area contributed by atoms with Crippen LogP contribution in [0.1, 0.15) is 38.5 Å². The highest BCUT2D eigenvalue weighted by Crippen LogP contribution is 2.42. The number of Topliss-reactive ketones (excluding diaryl/α,β-unsaturated/α-hetero) is 1.